The summed E-state index contributed by atoms with van der Waals surface area (Å²) in [5.74, 6) is 0. The van der Waals surface area contributed by atoms with Gasteiger partial charge in [0.25, 0.3) is 0 Å². The van der Waals surface area contributed by atoms with Crippen molar-refractivity contribution in [3.05, 3.63) is 52.3 Å². The summed E-state index contributed by atoms with van der Waals surface area (Å²) in [7, 11) is 0. The van der Waals surface area contributed by atoms with E-state index >= 15 is 0 Å². The maximum atomic E-state index is 4.63. The van der Waals surface area contributed by atoms with E-state index in [-0.39, 0.29) is 37.2 Å². The van der Waals surface area contributed by atoms with Crippen molar-refractivity contribution in [2.75, 3.05) is 0 Å². The van der Waals surface area contributed by atoms with Gasteiger partial charge in [-0.3, -0.25) is 0 Å². The summed E-state index contributed by atoms with van der Waals surface area (Å²) < 4.78 is 1.16. The molecule has 2 aliphatic rings. The molecule has 0 spiro atoms. The summed E-state index contributed by atoms with van der Waals surface area (Å²) in [4.78, 5) is 4.92. The summed E-state index contributed by atoms with van der Waals surface area (Å²) >= 11 is 5.14. The predicted molar refractivity (Wildman–Crippen MR) is 65.4 cm³/mol. The third-order valence-corrected chi connectivity index (χ3v) is 4.57. The zero-order valence-electron chi connectivity index (χ0n) is 9.92. The molecular weight excluding hydrogens is 448 g/mol. The normalized spacial score (nSPS) is 18.5. The Morgan fingerprint density at radius 3 is 2.47 bits per heavy atom. The Kier molecular flexibility index (Phi) is 7.81. The van der Waals surface area contributed by atoms with E-state index in [9.17, 15) is 0 Å². The number of rotatable bonds is 0. The molecule has 0 amide bonds. The Morgan fingerprint density at radius 2 is 1.79 bits per heavy atom. The topological polar surface area (TPSA) is 12.9 Å². The average molecular weight is 457 g/mol. The van der Waals surface area contributed by atoms with E-state index in [0.29, 0.717) is 4.83 Å². The molecule has 98 valence electrons. The van der Waals surface area contributed by atoms with Gasteiger partial charge in [0, 0.05) is 0 Å². The zero-order chi connectivity index (χ0) is 11.3. The van der Waals surface area contributed by atoms with Crippen LogP contribution in [0.25, 0.3) is 6.08 Å². The van der Waals surface area contributed by atoms with Gasteiger partial charge in [0.15, 0.2) is 0 Å². The molecule has 0 N–H and O–H groups in total. The molecular formula is C13H9BrCl3NZr. The van der Waals surface area contributed by atoms with Gasteiger partial charge in [0.05, 0.1) is 0 Å². The summed E-state index contributed by atoms with van der Waals surface area (Å²) in [6, 6.07) is 4.30. The number of allylic oxidation sites excluding steroid dienone is 5. The van der Waals surface area contributed by atoms with Crippen molar-refractivity contribution in [2.45, 2.75) is 11.8 Å². The minimum atomic E-state index is 0. The Hall–Kier alpha value is 0.603. The average Bonchev–Trinajstić information content (AvgIpc) is 2.59. The van der Waals surface area contributed by atoms with Crippen LogP contribution >= 0.6 is 15.9 Å². The fourth-order valence-corrected chi connectivity index (χ4v) is 3.46. The fraction of sp³-hybridized carbons (Fsp3) is 0.154. The summed E-state index contributed by atoms with van der Waals surface area (Å²) in [6.07, 6.45) is 6.67. The van der Waals surface area contributed by atoms with Gasteiger partial charge in [0.2, 0.25) is 0 Å². The maximum absolute atomic E-state index is 4.63. The molecule has 1 aromatic heterocycles. The van der Waals surface area contributed by atoms with E-state index in [1.807, 2.05) is 0 Å². The van der Waals surface area contributed by atoms with Crippen LogP contribution in [-0.4, -0.2) is 4.98 Å². The van der Waals surface area contributed by atoms with E-state index < -0.39 is 0 Å². The van der Waals surface area contributed by atoms with Gasteiger partial charge < -0.3 is 37.2 Å². The second-order valence-electron chi connectivity index (χ2n) is 4.12. The summed E-state index contributed by atoms with van der Waals surface area (Å²) in [5, 5.41) is 0. The van der Waals surface area contributed by atoms with Gasteiger partial charge in [-0.2, -0.15) is 0 Å². The van der Waals surface area contributed by atoms with E-state index in [2.05, 4.69) is 58.2 Å². The number of alkyl halides is 1. The third kappa shape index (κ3) is 3.63. The molecule has 1 atom stereocenters. The van der Waals surface area contributed by atoms with E-state index in [0.717, 1.165) is 9.10 Å². The van der Waals surface area contributed by atoms with Crippen LogP contribution in [0.3, 0.4) is 0 Å². The molecule has 1 heterocycles. The van der Waals surface area contributed by atoms with Crippen molar-refractivity contribution < 1.29 is 61.9 Å². The monoisotopic (exact) mass is 453 g/mol. The molecule has 3 rings (SSSR count). The van der Waals surface area contributed by atoms with Crippen molar-refractivity contribution >= 4 is 25.4 Å². The minimum absolute atomic E-state index is 0. The first-order valence-corrected chi connectivity index (χ1v) is 7.28. The van der Waals surface area contributed by atoms with Crippen LogP contribution in [0, 0.1) is 0 Å². The quantitative estimate of drug-likeness (QED) is 0.354. The van der Waals surface area contributed by atoms with Gasteiger partial charge in [-0.25, -0.2) is 0 Å². The van der Waals surface area contributed by atoms with Crippen molar-refractivity contribution in [3.63, 3.8) is 0 Å². The number of pyridine rings is 1. The Morgan fingerprint density at radius 1 is 1.11 bits per heavy atom. The molecule has 0 saturated carbocycles. The molecule has 0 bridgehead atoms. The van der Waals surface area contributed by atoms with Gasteiger partial charge in [0.1, 0.15) is 0 Å². The minimum Gasteiger partial charge on any atom is -1.00 e. The standard InChI is InChI=1S/C13H9BrN.3ClH.Zr/c1-8-5-9-7-12-10(3-2-4-15-12)13(14)11(9)6-8;;;;/h2-3,5-7,13H,1H3;3*1H;/q;;;;+3/p-3. The Bertz CT molecular complexity index is 581. The van der Waals surface area contributed by atoms with E-state index in [4.69, 9.17) is 0 Å². The summed E-state index contributed by atoms with van der Waals surface area (Å²) in [6.45, 7) is 2.14. The molecule has 0 radical (unpaired) electrons. The molecule has 0 aliphatic heterocycles. The molecule has 19 heavy (non-hydrogen) atoms. The zero-order valence-corrected chi connectivity index (χ0v) is 16.2. The molecule has 1 aromatic rings. The van der Waals surface area contributed by atoms with Crippen LogP contribution < -0.4 is 40.6 Å². The number of hydrogen-bond acceptors (Lipinski definition) is 1. The van der Waals surface area contributed by atoms with Crippen LogP contribution in [0.5, 0.6) is 0 Å². The van der Waals surface area contributed by atoms with Crippen LogP contribution in [0.1, 0.15) is 23.0 Å². The van der Waals surface area contributed by atoms with Crippen LogP contribution in [0.4, 0.5) is 0 Å². The van der Waals surface area contributed by atoms with Gasteiger partial charge in [-0.15, -0.1) is 0 Å². The molecule has 0 fully saturated rings. The van der Waals surface area contributed by atoms with Crippen LogP contribution in [0.2, 0.25) is 0 Å². The number of nitrogens with zero attached hydrogens (tertiary/aromatic N) is 1. The van der Waals surface area contributed by atoms with Gasteiger partial charge in [-0.05, 0) is 0 Å². The fourth-order valence-electron chi connectivity index (χ4n) is 2.17. The molecule has 0 aromatic carbocycles. The molecule has 6 heteroatoms. The largest absolute Gasteiger partial charge is 1.00 e. The first-order chi connectivity index (χ1) is 7.65. The first kappa shape index (κ1) is 19.6. The van der Waals surface area contributed by atoms with Crippen molar-refractivity contribution in [1.82, 2.24) is 4.98 Å². The van der Waals surface area contributed by atoms with Crippen molar-refractivity contribution in [2.24, 2.45) is 0 Å². The Labute approximate surface area is 155 Å². The van der Waals surface area contributed by atoms with Gasteiger partial charge >= 0.3 is 119 Å². The second-order valence-corrected chi connectivity index (χ2v) is 6.30. The molecule has 1 nitrogen and oxygen atoms in total. The van der Waals surface area contributed by atoms with Crippen LogP contribution in [-0.2, 0) is 24.7 Å². The van der Waals surface area contributed by atoms with Crippen LogP contribution in [0.15, 0.2) is 41.0 Å². The number of halogens is 4. The molecule has 2 aliphatic carbocycles. The third-order valence-electron chi connectivity index (χ3n) is 2.90. The van der Waals surface area contributed by atoms with E-state index in [1.165, 1.54) is 47.0 Å². The Balaban J connectivity index is 0.00000108. The molecule has 0 saturated heterocycles. The van der Waals surface area contributed by atoms with Gasteiger partial charge in [-0.1, -0.05) is 0 Å². The number of aromatic nitrogens is 1. The van der Waals surface area contributed by atoms with Crippen molar-refractivity contribution in [3.8, 4) is 0 Å². The van der Waals surface area contributed by atoms with Crippen molar-refractivity contribution in [1.29, 1.82) is 0 Å². The molecule has 1 unspecified atom stereocenters. The maximum Gasteiger partial charge on any atom is -1.00 e. The number of fused-ring (bicyclic) bond motifs is 2. The smallest absolute Gasteiger partial charge is 1.00 e. The number of hydrogen-bond donors (Lipinski definition) is 0. The summed E-state index contributed by atoms with van der Waals surface area (Å²) in [5.41, 5.74) is 6.39. The van der Waals surface area contributed by atoms with E-state index in [1.54, 1.807) is 0 Å². The first-order valence-electron chi connectivity index (χ1n) is 5.14. The predicted octanol–water partition coefficient (Wildman–Crippen LogP) is -6.01. The second kappa shape index (κ2) is 7.57. The SMILES string of the molecule is CC1=CC2=Cc3n[c]([Zr+3])ccc3C(Br)C2=C1.[Cl-].[Cl-].[Cl-].